The number of amides is 1. The van der Waals surface area contributed by atoms with Gasteiger partial charge >= 0.3 is 0 Å². The number of aliphatic hydroxyl groups is 1. The number of ether oxygens (including phenoxy) is 1. The van der Waals surface area contributed by atoms with Gasteiger partial charge in [-0.05, 0) is 30.2 Å². The van der Waals surface area contributed by atoms with Crippen molar-refractivity contribution in [3.63, 3.8) is 0 Å². The van der Waals surface area contributed by atoms with Crippen LogP contribution in [0.2, 0.25) is 0 Å². The Hall–Kier alpha value is -1.55. The molecule has 0 bridgehead atoms. The molecule has 0 fully saturated rings. The Morgan fingerprint density at radius 3 is 2.82 bits per heavy atom. The molecule has 1 aromatic rings. The average Bonchev–Trinajstić information content (AvgIpc) is 2.31. The Kier molecular flexibility index (Phi) is 4.97. The molecule has 94 valence electrons. The number of carbonyl (C=O) groups excluding carboxylic acids is 1. The molecule has 0 aromatic heterocycles. The summed E-state index contributed by atoms with van der Waals surface area (Å²) in [4.78, 5) is 10.9. The number of aliphatic hydroxyl groups excluding tert-OH is 1. The van der Waals surface area contributed by atoms with Crippen LogP contribution >= 0.6 is 0 Å². The Labute approximate surface area is 102 Å². The molecule has 17 heavy (non-hydrogen) atoms. The van der Waals surface area contributed by atoms with Crippen LogP contribution < -0.4 is 10.1 Å². The predicted octanol–water partition coefficient (Wildman–Crippen LogP) is 2.31. The van der Waals surface area contributed by atoms with Gasteiger partial charge in [0.15, 0.2) is 6.29 Å². The molecular weight excluding hydrogens is 218 g/mol. The summed E-state index contributed by atoms with van der Waals surface area (Å²) in [5, 5.41) is 12.0. The molecule has 1 aliphatic rings. The van der Waals surface area contributed by atoms with Gasteiger partial charge in [-0.1, -0.05) is 13.8 Å². The zero-order chi connectivity index (χ0) is 12.8. The Bertz CT molecular complexity index is 390. The highest BCUT2D eigenvalue weighted by Gasteiger charge is 2.17. The number of rotatable bonds is 1. The summed E-state index contributed by atoms with van der Waals surface area (Å²) in [5.41, 5.74) is 1.78. The molecule has 1 atom stereocenters. The molecule has 1 amide bonds. The van der Waals surface area contributed by atoms with E-state index in [1.54, 1.807) is 12.1 Å². The summed E-state index contributed by atoms with van der Waals surface area (Å²) in [6, 6.07) is 5.41. The first-order valence-corrected chi connectivity index (χ1v) is 5.90. The minimum absolute atomic E-state index is 0.0910. The third kappa shape index (κ3) is 3.75. The number of carbonyl (C=O) groups is 1. The fourth-order valence-electron chi connectivity index (χ4n) is 1.66. The quantitative estimate of drug-likeness (QED) is 0.788. The van der Waals surface area contributed by atoms with Gasteiger partial charge in [0.05, 0.1) is 0 Å². The lowest BCUT2D eigenvalue weighted by Gasteiger charge is -2.22. The fraction of sp³-hybridized carbons (Fsp3) is 0.462. The second-order valence-electron chi connectivity index (χ2n) is 3.61. The first kappa shape index (κ1) is 13.5. The van der Waals surface area contributed by atoms with Crippen LogP contribution in [0.5, 0.6) is 5.75 Å². The molecule has 2 rings (SSSR count). The summed E-state index contributed by atoms with van der Waals surface area (Å²) < 4.78 is 5.23. The standard InChI is InChI=1S/C11H13NO3.C2H6/c1-7(13)12-9-3-4-10-8(6-9)2-5-11(14)15-10;1-2/h3-4,6,11,14H,2,5H2,1H3,(H,12,13);1-2H3. The molecule has 4 nitrogen and oxygen atoms in total. The number of hydrogen-bond acceptors (Lipinski definition) is 3. The van der Waals surface area contributed by atoms with E-state index in [2.05, 4.69) is 5.32 Å². The van der Waals surface area contributed by atoms with Crippen LogP contribution in [0.25, 0.3) is 0 Å². The van der Waals surface area contributed by atoms with Gasteiger partial charge in [-0.3, -0.25) is 4.79 Å². The van der Waals surface area contributed by atoms with Crippen molar-refractivity contribution in [1.82, 2.24) is 0 Å². The molecule has 0 radical (unpaired) electrons. The largest absolute Gasteiger partial charge is 0.465 e. The van der Waals surface area contributed by atoms with E-state index in [0.717, 1.165) is 17.7 Å². The molecule has 1 aliphatic heterocycles. The van der Waals surface area contributed by atoms with E-state index < -0.39 is 6.29 Å². The second kappa shape index (κ2) is 6.25. The van der Waals surface area contributed by atoms with E-state index in [9.17, 15) is 9.90 Å². The minimum atomic E-state index is -0.705. The van der Waals surface area contributed by atoms with Gasteiger partial charge in [0.25, 0.3) is 0 Å². The number of nitrogens with one attached hydrogen (secondary N) is 1. The van der Waals surface area contributed by atoms with Gasteiger partial charge in [-0.15, -0.1) is 0 Å². The van der Waals surface area contributed by atoms with E-state index >= 15 is 0 Å². The van der Waals surface area contributed by atoms with Crippen LogP contribution in [0.1, 0.15) is 32.8 Å². The molecule has 4 heteroatoms. The molecule has 1 unspecified atom stereocenters. The van der Waals surface area contributed by atoms with E-state index in [1.165, 1.54) is 6.92 Å². The molecule has 0 saturated heterocycles. The maximum Gasteiger partial charge on any atom is 0.221 e. The molecular formula is C13H19NO3. The van der Waals surface area contributed by atoms with Crippen molar-refractivity contribution in [3.05, 3.63) is 23.8 Å². The van der Waals surface area contributed by atoms with E-state index in [-0.39, 0.29) is 5.91 Å². The van der Waals surface area contributed by atoms with Crippen LogP contribution in [0.4, 0.5) is 5.69 Å². The van der Waals surface area contributed by atoms with Crippen molar-refractivity contribution >= 4 is 11.6 Å². The first-order valence-electron chi connectivity index (χ1n) is 5.90. The lowest BCUT2D eigenvalue weighted by molar-refractivity contribution is -0.114. The number of hydrogen-bond donors (Lipinski definition) is 2. The maximum atomic E-state index is 10.9. The highest BCUT2D eigenvalue weighted by molar-refractivity contribution is 5.88. The van der Waals surface area contributed by atoms with Gasteiger partial charge in [0.2, 0.25) is 5.91 Å². The highest BCUT2D eigenvalue weighted by atomic mass is 16.6. The Morgan fingerprint density at radius 2 is 2.18 bits per heavy atom. The number of benzene rings is 1. The molecule has 0 spiro atoms. The normalized spacial score (nSPS) is 17.1. The number of aryl methyl sites for hydroxylation is 1. The minimum Gasteiger partial charge on any atom is -0.465 e. The third-order valence-corrected chi connectivity index (χ3v) is 2.30. The molecule has 0 aliphatic carbocycles. The van der Waals surface area contributed by atoms with Crippen molar-refractivity contribution < 1.29 is 14.6 Å². The number of fused-ring (bicyclic) bond motifs is 1. The van der Waals surface area contributed by atoms with Gasteiger partial charge < -0.3 is 15.2 Å². The van der Waals surface area contributed by atoms with E-state index in [0.29, 0.717) is 12.2 Å². The van der Waals surface area contributed by atoms with Crippen LogP contribution in [-0.4, -0.2) is 17.3 Å². The van der Waals surface area contributed by atoms with Crippen molar-refractivity contribution in [1.29, 1.82) is 0 Å². The lowest BCUT2D eigenvalue weighted by atomic mass is 10.1. The zero-order valence-corrected chi connectivity index (χ0v) is 10.5. The number of anilines is 1. The summed E-state index contributed by atoms with van der Waals surface area (Å²) in [7, 11) is 0. The molecule has 1 heterocycles. The third-order valence-electron chi connectivity index (χ3n) is 2.30. The van der Waals surface area contributed by atoms with Crippen molar-refractivity contribution in [2.24, 2.45) is 0 Å². The van der Waals surface area contributed by atoms with Gasteiger partial charge in [-0.2, -0.15) is 0 Å². The van der Waals surface area contributed by atoms with Crippen LogP contribution in [0, 0.1) is 0 Å². The highest BCUT2D eigenvalue weighted by Crippen LogP contribution is 2.29. The fourth-order valence-corrected chi connectivity index (χ4v) is 1.66. The van der Waals surface area contributed by atoms with Gasteiger partial charge in [-0.25, -0.2) is 0 Å². The van der Waals surface area contributed by atoms with Crippen LogP contribution in [-0.2, 0) is 11.2 Å². The van der Waals surface area contributed by atoms with Gasteiger partial charge in [0.1, 0.15) is 5.75 Å². The zero-order valence-electron chi connectivity index (χ0n) is 10.5. The van der Waals surface area contributed by atoms with Crippen LogP contribution in [0.3, 0.4) is 0 Å². The van der Waals surface area contributed by atoms with Crippen molar-refractivity contribution in [2.75, 3.05) is 5.32 Å². The molecule has 1 aromatic carbocycles. The summed E-state index contributed by atoms with van der Waals surface area (Å²) in [6.07, 6.45) is 0.657. The monoisotopic (exact) mass is 237 g/mol. The Balaban J connectivity index is 0.000000686. The smallest absolute Gasteiger partial charge is 0.221 e. The summed E-state index contributed by atoms with van der Waals surface area (Å²) >= 11 is 0. The van der Waals surface area contributed by atoms with E-state index in [1.807, 2.05) is 19.9 Å². The molecule has 2 N–H and O–H groups in total. The van der Waals surface area contributed by atoms with Crippen LogP contribution in [0.15, 0.2) is 18.2 Å². The maximum absolute atomic E-state index is 10.9. The predicted molar refractivity (Wildman–Crippen MR) is 67.0 cm³/mol. The second-order valence-corrected chi connectivity index (χ2v) is 3.61. The SMILES string of the molecule is CC.CC(=O)Nc1ccc2c(c1)CCC(O)O2. The summed E-state index contributed by atoms with van der Waals surface area (Å²) in [5.74, 6) is 0.606. The summed E-state index contributed by atoms with van der Waals surface area (Å²) in [6.45, 7) is 5.47. The molecule has 0 saturated carbocycles. The lowest BCUT2D eigenvalue weighted by Crippen LogP contribution is -2.21. The van der Waals surface area contributed by atoms with Crippen molar-refractivity contribution in [3.8, 4) is 5.75 Å². The first-order chi connectivity index (χ1) is 8.15. The Morgan fingerprint density at radius 1 is 1.47 bits per heavy atom. The topological polar surface area (TPSA) is 58.6 Å². The van der Waals surface area contributed by atoms with Gasteiger partial charge in [0, 0.05) is 19.0 Å². The van der Waals surface area contributed by atoms with Crippen molar-refractivity contribution in [2.45, 2.75) is 39.9 Å². The van der Waals surface area contributed by atoms with E-state index in [4.69, 9.17) is 4.74 Å². The average molecular weight is 237 g/mol.